The summed E-state index contributed by atoms with van der Waals surface area (Å²) in [5.41, 5.74) is 0. The summed E-state index contributed by atoms with van der Waals surface area (Å²) < 4.78 is 8.97. The second-order valence-electron chi connectivity index (χ2n) is 4.21. The molecule has 0 bridgehead atoms. The van der Waals surface area contributed by atoms with E-state index >= 15 is 0 Å². The lowest BCUT2D eigenvalue weighted by Gasteiger charge is -2.18. The lowest BCUT2D eigenvalue weighted by Crippen LogP contribution is -2.49. The van der Waals surface area contributed by atoms with Crippen LogP contribution < -0.4 is 5.32 Å². The van der Waals surface area contributed by atoms with Crippen LogP contribution in [0.1, 0.15) is 19.8 Å². The summed E-state index contributed by atoms with van der Waals surface area (Å²) in [7, 11) is 1.15. The molecule has 0 aliphatic rings. The van der Waals surface area contributed by atoms with E-state index in [-0.39, 0.29) is 12.8 Å². The number of carbonyl (C=O) groups is 5. The van der Waals surface area contributed by atoms with Crippen LogP contribution in [-0.4, -0.2) is 65.7 Å². The van der Waals surface area contributed by atoms with E-state index in [4.69, 9.17) is 10.2 Å². The van der Waals surface area contributed by atoms with Crippen molar-refractivity contribution in [2.75, 3.05) is 13.7 Å². The van der Waals surface area contributed by atoms with Gasteiger partial charge in [-0.25, -0.2) is 4.79 Å². The lowest BCUT2D eigenvalue weighted by atomic mass is 10.2. The highest BCUT2D eigenvalue weighted by Crippen LogP contribution is 1.98. The third-order valence-electron chi connectivity index (χ3n) is 2.53. The maximum atomic E-state index is 11.3. The molecule has 0 aliphatic heterocycles. The number of ketones is 1. The number of aliphatic carboxylic acids is 2. The summed E-state index contributed by atoms with van der Waals surface area (Å²) in [5.74, 6) is -5.80. The zero-order chi connectivity index (χ0) is 17.3. The highest BCUT2D eigenvalue weighted by molar-refractivity contribution is 6.34. The van der Waals surface area contributed by atoms with Gasteiger partial charge in [0, 0.05) is 0 Å². The molecule has 0 aromatic carbocycles. The molecule has 0 saturated heterocycles. The molecule has 0 amide bonds. The second kappa shape index (κ2) is 9.45. The van der Waals surface area contributed by atoms with E-state index in [1.54, 1.807) is 0 Å². The number of rotatable bonds is 10. The summed E-state index contributed by atoms with van der Waals surface area (Å²) in [4.78, 5) is 54.7. The first-order valence-corrected chi connectivity index (χ1v) is 6.17. The van der Waals surface area contributed by atoms with Crippen LogP contribution in [0.3, 0.4) is 0 Å². The number of carbonyl (C=O) groups excluding carboxylic acids is 3. The minimum absolute atomic E-state index is 0.214. The molecule has 0 heterocycles. The van der Waals surface area contributed by atoms with Crippen molar-refractivity contribution in [1.82, 2.24) is 5.32 Å². The molecule has 0 fully saturated rings. The highest BCUT2D eigenvalue weighted by atomic mass is 16.5. The zero-order valence-electron chi connectivity index (χ0n) is 12.0. The topological polar surface area (TPSA) is 156 Å². The number of carboxylic acid groups (broad SMARTS) is 2. The van der Waals surface area contributed by atoms with E-state index in [1.165, 1.54) is 6.92 Å². The summed E-state index contributed by atoms with van der Waals surface area (Å²) >= 11 is 0. The molecular weight excluding hydrogens is 302 g/mol. The van der Waals surface area contributed by atoms with Crippen molar-refractivity contribution in [3.8, 4) is 0 Å². The quantitative estimate of drug-likeness (QED) is 0.322. The first kappa shape index (κ1) is 19.5. The number of esters is 2. The first-order valence-electron chi connectivity index (χ1n) is 6.17. The van der Waals surface area contributed by atoms with Crippen LogP contribution in [-0.2, 0) is 33.4 Å². The maximum absolute atomic E-state index is 11.3. The molecule has 2 atom stereocenters. The van der Waals surface area contributed by atoms with Gasteiger partial charge in [0.15, 0.2) is 0 Å². The molecule has 1 unspecified atom stereocenters. The van der Waals surface area contributed by atoms with Crippen LogP contribution in [0.15, 0.2) is 0 Å². The number of carboxylic acids is 2. The Labute approximate surface area is 125 Å². The number of methoxy groups -OCH3 is 1. The summed E-state index contributed by atoms with van der Waals surface area (Å²) in [6.07, 6.45) is -0.503. The van der Waals surface area contributed by atoms with Crippen LogP contribution >= 0.6 is 0 Å². The van der Waals surface area contributed by atoms with Gasteiger partial charge in [-0.05, 0) is 6.92 Å². The number of hydrogen-bond donors (Lipinski definition) is 3. The van der Waals surface area contributed by atoms with Gasteiger partial charge in [0.25, 0.3) is 5.78 Å². The number of ether oxygens (including phenoxy) is 2. The van der Waals surface area contributed by atoms with Crippen molar-refractivity contribution in [2.24, 2.45) is 0 Å². The molecule has 10 heteroatoms. The zero-order valence-corrected chi connectivity index (χ0v) is 12.0. The summed E-state index contributed by atoms with van der Waals surface area (Å²) in [6, 6.07) is -2.73. The fourth-order valence-electron chi connectivity index (χ4n) is 1.31. The van der Waals surface area contributed by atoms with Crippen molar-refractivity contribution in [1.29, 1.82) is 0 Å². The number of nitrogens with one attached hydrogen (secondary N) is 1. The van der Waals surface area contributed by atoms with Crippen molar-refractivity contribution < 1.29 is 43.7 Å². The molecule has 0 aromatic heterocycles. The third-order valence-corrected chi connectivity index (χ3v) is 2.53. The standard InChI is InChI=1S/C12H17NO9/c1-6(10(16)12(19)20)13-7(11(17)18)5-22-9(15)4-3-8(14)21-2/h6-7,13H,3-5H2,1-2H3,(H,17,18)(H,19,20)/t6?,7-/m0/s1. The minimum Gasteiger partial charge on any atom is -0.480 e. The van der Waals surface area contributed by atoms with Crippen LogP contribution in [0.2, 0.25) is 0 Å². The number of Topliss-reactive ketones (excluding diaryl/α,β-unsaturated/α-hetero) is 1. The molecule has 124 valence electrons. The van der Waals surface area contributed by atoms with Crippen LogP contribution in [0, 0.1) is 0 Å². The average molecular weight is 319 g/mol. The predicted molar refractivity (Wildman–Crippen MR) is 68.9 cm³/mol. The monoisotopic (exact) mass is 319 g/mol. The Morgan fingerprint density at radius 3 is 2.05 bits per heavy atom. The van der Waals surface area contributed by atoms with Crippen LogP contribution in [0.5, 0.6) is 0 Å². The molecule has 0 spiro atoms. The Balaban J connectivity index is 4.39. The van der Waals surface area contributed by atoms with E-state index in [0.717, 1.165) is 7.11 Å². The maximum Gasteiger partial charge on any atom is 0.373 e. The summed E-state index contributed by atoms with van der Waals surface area (Å²) in [6.45, 7) is 0.554. The van der Waals surface area contributed by atoms with E-state index in [1.807, 2.05) is 0 Å². The predicted octanol–water partition coefficient (Wildman–Crippen LogP) is -1.43. The third kappa shape index (κ3) is 7.33. The summed E-state index contributed by atoms with van der Waals surface area (Å²) in [5, 5.41) is 19.7. The normalized spacial score (nSPS) is 12.8. The van der Waals surface area contributed by atoms with Gasteiger partial charge in [-0.1, -0.05) is 0 Å². The van der Waals surface area contributed by atoms with E-state index in [2.05, 4.69) is 14.8 Å². The Hall–Kier alpha value is -2.49. The van der Waals surface area contributed by atoms with Crippen LogP contribution in [0.4, 0.5) is 0 Å². The fraction of sp³-hybridized carbons (Fsp3) is 0.583. The molecular formula is C12H17NO9. The second-order valence-corrected chi connectivity index (χ2v) is 4.21. The van der Waals surface area contributed by atoms with Crippen LogP contribution in [0.25, 0.3) is 0 Å². The van der Waals surface area contributed by atoms with Gasteiger partial charge >= 0.3 is 23.9 Å². The van der Waals surface area contributed by atoms with Gasteiger partial charge in [0.2, 0.25) is 0 Å². The average Bonchev–Trinajstić information content (AvgIpc) is 2.47. The smallest absolute Gasteiger partial charge is 0.373 e. The molecule has 22 heavy (non-hydrogen) atoms. The molecule has 0 aromatic rings. The Bertz CT molecular complexity index is 460. The molecule has 0 radical (unpaired) electrons. The van der Waals surface area contributed by atoms with Gasteiger partial charge in [0.1, 0.15) is 12.6 Å². The van der Waals surface area contributed by atoms with Gasteiger partial charge in [-0.15, -0.1) is 0 Å². The molecule has 10 nitrogen and oxygen atoms in total. The van der Waals surface area contributed by atoms with Crippen molar-refractivity contribution in [3.63, 3.8) is 0 Å². The Morgan fingerprint density at radius 2 is 1.59 bits per heavy atom. The van der Waals surface area contributed by atoms with E-state index < -0.39 is 48.4 Å². The molecule has 3 N–H and O–H groups in total. The highest BCUT2D eigenvalue weighted by Gasteiger charge is 2.27. The van der Waals surface area contributed by atoms with Crippen molar-refractivity contribution >= 4 is 29.7 Å². The molecule has 0 aliphatic carbocycles. The van der Waals surface area contributed by atoms with Gasteiger partial charge in [-0.3, -0.25) is 24.5 Å². The largest absolute Gasteiger partial charge is 0.480 e. The first-order chi connectivity index (χ1) is 10.2. The minimum atomic E-state index is -1.71. The number of hydrogen-bond acceptors (Lipinski definition) is 8. The Morgan fingerprint density at radius 1 is 1.05 bits per heavy atom. The van der Waals surface area contributed by atoms with Crippen molar-refractivity contribution in [2.45, 2.75) is 31.8 Å². The Kier molecular flexibility index (Phi) is 8.38. The van der Waals surface area contributed by atoms with Crippen molar-refractivity contribution in [3.05, 3.63) is 0 Å². The van der Waals surface area contributed by atoms with Gasteiger partial charge < -0.3 is 19.7 Å². The SMILES string of the molecule is COC(=O)CCC(=O)OC[C@H](NC(C)C(=O)C(=O)O)C(=O)O. The molecule has 0 rings (SSSR count). The van der Waals surface area contributed by atoms with E-state index in [0.29, 0.717) is 0 Å². The van der Waals surface area contributed by atoms with Gasteiger partial charge in [0.05, 0.1) is 26.0 Å². The fourth-order valence-corrected chi connectivity index (χ4v) is 1.31. The van der Waals surface area contributed by atoms with Gasteiger partial charge in [-0.2, -0.15) is 0 Å². The molecule has 0 saturated carbocycles. The lowest BCUT2D eigenvalue weighted by molar-refractivity contribution is -0.153. The van der Waals surface area contributed by atoms with E-state index in [9.17, 15) is 24.0 Å².